The molecule has 1 aliphatic heterocycles. The van der Waals surface area contributed by atoms with E-state index >= 15 is 0 Å². The number of rotatable bonds is 8. The fourth-order valence-electron chi connectivity index (χ4n) is 2.83. The lowest BCUT2D eigenvalue weighted by Crippen LogP contribution is -2.41. The Balaban J connectivity index is 1.74. The molecule has 3 N–H and O–H groups in total. The van der Waals surface area contributed by atoms with Crippen LogP contribution in [0.3, 0.4) is 0 Å². The summed E-state index contributed by atoms with van der Waals surface area (Å²) in [7, 11) is 0. The van der Waals surface area contributed by atoms with Crippen molar-refractivity contribution in [3.05, 3.63) is 35.4 Å². The maximum atomic E-state index is 12.3. The molecule has 0 aromatic heterocycles. The van der Waals surface area contributed by atoms with E-state index in [1.807, 2.05) is 0 Å². The van der Waals surface area contributed by atoms with Crippen LogP contribution in [-0.2, 0) is 14.3 Å². The first-order valence-corrected chi connectivity index (χ1v) is 8.47. The summed E-state index contributed by atoms with van der Waals surface area (Å²) < 4.78 is 5.25. The Hall–Kier alpha value is -2.74. The van der Waals surface area contributed by atoms with Crippen molar-refractivity contribution < 1.29 is 24.2 Å². The molecule has 8 nitrogen and oxygen atoms in total. The lowest BCUT2D eigenvalue weighted by molar-refractivity contribution is -0.146. The number of carboxylic acid groups (broad SMARTS) is 1. The molecule has 26 heavy (non-hydrogen) atoms. The molecular weight excluding hydrogens is 338 g/mol. The zero-order chi connectivity index (χ0) is 18.9. The third-order valence-electron chi connectivity index (χ3n) is 4.26. The summed E-state index contributed by atoms with van der Waals surface area (Å²) in [5.41, 5.74) is 1.35. The number of carboxylic acids is 1. The van der Waals surface area contributed by atoms with E-state index in [9.17, 15) is 14.4 Å². The van der Waals surface area contributed by atoms with Gasteiger partial charge in [-0.3, -0.25) is 9.59 Å². The van der Waals surface area contributed by atoms with Crippen molar-refractivity contribution in [1.82, 2.24) is 4.90 Å². The minimum atomic E-state index is -0.995. The van der Waals surface area contributed by atoms with Gasteiger partial charge in [0.05, 0.1) is 12.3 Å². The molecule has 1 aliphatic rings. The molecule has 0 unspecified atom stereocenters. The fourth-order valence-corrected chi connectivity index (χ4v) is 2.83. The van der Waals surface area contributed by atoms with E-state index < -0.39 is 5.97 Å². The second-order valence-electron chi connectivity index (χ2n) is 6.11. The monoisotopic (exact) mass is 361 g/mol. The summed E-state index contributed by atoms with van der Waals surface area (Å²) in [6.07, 6.45) is 2.88. The number of hydrogen-bond donors (Lipinski definition) is 2. The number of Topliss-reactive ketones (excluding diaryl/α,β-unsaturated/α-hetero) is 1. The quantitative estimate of drug-likeness (QED) is 0.309. The van der Waals surface area contributed by atoms with Crippen molar-refractivity contribution in [3.8, 4) is 0 Å². The number of carbonyl (C=O) groups is 3. The average Bonchev–Trinajstić information content (AvgIpc) is 2.65. The van der Waals surface area contributed by atoms with Crippen LogP contribution in [0.5, 0.6) is 0 Å². The lowest BCUT2D eigenvalue weighted by atomic mass is 10.0. The number of amides is 1. The number of likely N-dealkylation sites (tertiary alicyclic amines) is 1. The fraction of sp³-hybridized carbons (Fsp3) is 0.444. The maximum absolute atomic E-state index is 12.3. The van der Waals surface area contributed by atoms with Crippen LogP contribution < -0.4 is 5.84 Å². The highest BCUT2D eigenvalue weighted by atomic mass is 16.5. The SMILES string of the molecule is NN=Cc1ccc(C(=O)CCC(=O)N2CCC(OCC(=O)O)CC2)cc1. The molecule has 2 rings (SSSR count). The van der Waals surface area contributed by atoms with Crippen LogP contribution in [0.25, 0.3) is 0 Å². The van der Waals surface area contributed by atoms with E-state index in [-0.39, 0.29) is 37.2 Å². The molecule has 0 bridgehead atoms. The number of carbonyl (C=O) groups excluding carboxylic acids is 2. The van der Waals surface area contributed by atoms with Crippen molar-refractivity contribution in [2.24, 2.45) is 10.9 Å². The topological polar surface area (TPSA) is 122 Å². The number of ketones is 1. The molecule has 0 spiro atoms. The maximum Gasteiger partial charge on any atom is 0.329 e. The van der Waals surface area contributed by atoms with Gasteiger partial charge in [0, 0.05) is 31.5 Å². The van der Waals surface area contributed by atoms with Gasteiger partial charge in [0.25, 0.3) is 0 Å². The molecule has 1 fully saturated rings. The van der Waals surface area contributed by atoms with Crippen molar-refractivity contribution in [3.63, 3.8) is 0 Å². The van der Waals surface area contributed by atoms with Crippen LogP contribution in [-0.4, -0.2) is 59.7 Å². The number of nitrogens with two attached hydrogens (primary N) is 1. The second-order valence-corrected chi connectivity index (χ2v) is 6.11. The Kier molecular flexibility index (Phi) is 7.28. The molecule has 1 aromatic rings. The van der Waals surface area contributed by atoms with Gasteiger partial charge in [0.2, 0.25) is 5.91 Å². The second kappa shape index (κ2) is 9.67. The van der Waals surface area contributed by atoms with Crippen molar-refractivity contribution >= 4 is 23.9 Å². The first-order valence-electron chi connectivity index (χ1n) is 8.47. The lowest BCUT2D eigenvalue weighted by Gasteiger charge is -2.31. The summed E-state index contributed by atoms with van der Waals surface area (Å²) in [5.74, 6) is 3.92. The minimum absolute atomic E-state index is 0.0677. The van der Waals surface area contributed by atoms with Gasteiger partial charge in [-0.15, -0.1) is 0 Å². The predicted molar refractivity (Wildman–Crippen MR) is 95.0 cm³/mol. The number of hydrogen-bond acceptors (Lipinski definition) is 6. The van der Waals surface area contributed by atoms with E-state index in [1.165, 1.54) is 6.21 Å². The van der Waals surface area contributed by atoms with Crippen LogP contribution in [0.2, 0.25) is 0 Å². The minimum Gasteiger partial charge on any atom is -0.480 e. The number of aliphatic carboxylic acids is 1. The van der Waals surface area contributed by atoms with Crippen LogP contribution in [0, 0.1) is 0 Å². The van der Waals surface area contributed by atoms with Gasteiger partial charge in [-0.05, 0) is 18.4 Å². The summed E-state index contributed by atoms with van der Waals surface area (Å²) in [6, 6.07) is 6.87. The molecule has 140 valence electrons. The molecule has 0 atom stereocenters. The highest BCUT2D eigenvalue weighted by Gasteiger charge is 2.24. The molecule has 0 aliphatic carbocycles. The molecule has 8 heteroatoms. The van der Waals surface area contributed by atoms with Crippen LogP contribution >= 0.6 is 0 Å². The van der Waals surface area contributed by atoms with Gasteiger partial charge in [0.15, 0.2) is 5.78 Å². The first-order chi connectivity index (χ1) is 12.5. The van der Waals surface area contributed by atoms with E-state index in [4.69, 9.17) is 15.7 Å². The molecule has 1 amide bonds. The average molecular weight is 361 g/mol. The summed E-state index contributed by atoms with van der Waals surface area (Å²) in [4.78, 5) is 36.7. The number of benzene rings is 1. The Labute approximate surface area is 151 Å². The number of hydrazone groups is 1. The van der Waals surface area contributed by atoms with Crippen LogP contribution in [0.15, 0.2) is 29.4 Å². The van der Waals surface area contributed by atoms with Crippen molar-refractivity contribution in [2.75, 3.05) is 19.7 Å². The normalized spacial score (nSPS) is 15.3. The van der Waals surface area contributed by atoms with Gasteiger partial charge in [-0.1, -0.05) is 24.3 Å². The third-order valence-corrected chi connectivity index (χ3v) is 4.26. The Morgan fingerprint density at radius 1 is 1.19 bits per heavy atom. The molecule has 0 radical (unpaired) electrons. The van der Waals surface area contributed by atoms with Gasteiger partial charge in [-0.2, -0.15) is 5.10 Å². The third kappa shape index (κ3) is 5.96. The van der Waals surface area contributed by atoms with Crippen LogP contribution in [0.1, 0.15) is 41.6 Å². The van der Waals surface area contributed by atoms with E-state index in [0.29, 0.717) is 31.5 Å². The van der Waals surface area contributed by atoms with Gasteiger partial charge >= 0.3 is 5.97 Å². The largest absolute Gasteiger partial charge is 0.480 e. The number of nitrogens with zero attached hydrogens (tertiary/aromatic N) is 2. The molecule has 1 saturated heterocycles. The number of ether oxygens (including phenoxy) is 1. The zero-order valence-electron chi connectivity index (χ0n) is 14.5. The highest BCUT2D eigenvalue weighted by molar-refractivity contribution is 5.98. The molecular formula is C18H23N3O5. The van der Waals surface area contributed by atoms with Crippen LogP contribution in [0.4, 0.5) is 0 Å². The molecule has 0 saturated carbocycles. The number of piperidine rings is 1. The van der Waals surface area contributed by atoms with Crippen molar-refractivity contribution in [1.29, 1.82) is 0 Å². The predicted octanol–water partition coefficient (Wildman–Crippen LogP) is 1.03. The standard InChI is InChI=1S/C18H23N3O5/c19-20-11-13-1-3-14(4-2-13)16(22)5-6-17(23)21-9-7-15(8-10-21)26-12-18(24)25/h1-4,11,15H,5-10,12,19H2,(H,24,25). The summed E-state index contributed by atoms with van der Waals surface area (Å²) >= 11 is 0. The van der Waals surface area contributed by atoms with E-state index in [2.05, 4.69) is 5.10 Å². The Morgan fingerprint density at radius 2 is 1.85 bits per heavy atom. The summed E-state index contributed by atoms with van der Waals surface area (Å²) in [6.45, 7) is 0.720. The van der Waals surface area contributed by atoms with Gasteiger partial charge in [0.1, 0.15) is 6.61 Å². The van der Waals surface area contributed by atoms with E-state index in [0.717, 1.165) is 5.56 Å². The van der Waals surface area contributed by atoms with Gasteiger partial charge < -0.3 is 20.6 Å². The Bertz CT molecular complexity index is 664. The highest BCUT2D eigenvalue weighted by Crippen LogP contribution is 2.16. The zero-order valence-corrected chi connectivity index (χ0v) is 14.5. The van der Waals surface area contributed by atoms with E-state index in [1.54, 1.807) is 29.2 Å². The molecule has 1 aromatic carbocycles. The van der Waals surface area contributed by atoms with Gasteiger partial charge in [-0.25, -0.2) is 4.79 Å². The van der Waals surface area contributed by atoms with Crippen molar-refractivity contribution in [2.45, 2.75) is 31.8 Å². The smallest absolute Gasteiger partial charge is 0.329 e. The summed E-state index contributed by atoms with van der Waals surface area (Å²) in [5, 5.41) is 12.0. The Morgan fingerprint density at radius 3 is 2.42 bits per heavy atom. The molecule has 1 heterocycles. The first kappa shape index (κ1) is 19.6.